The fourth-order valence-electron chi connectivity index (χ4n) is 2.98. The molecule has 1 amide bonds. The van der Waals surface area contributed by atoms with Crippen LogP contribution in [0.1, 0.15) is 30.1 Å². The average molecular weight is 390 g/mol. The third-order valence-electron chi connectivity index (χ3n) is 4.35. The minimum atomic E-state index is -3.65. The van der Waals surface area contributed by atoms with Crippen LogP contribution >= 0.6 is 0 Å². The molecule has 2 aromatic carbocycles. The van der Waals surface area contributed by atoms with Crippen molar-refractivity contribution in [3.05, 3.63) is 48.0 Å². The van der Waals surface area contributed by atoms with Crippen LogP contribution in [0.2, 0.25) is 0 Å². The zero-order chi connectivity index (χ0) is 19.4. The first kappa shape index (κ1) is 19.2. The minimum absolute atomic E-state index is 0.0339. The molecule has 0 bridgehead atoms. The first-order valence-corrected chi connectivity index (χ1v) is 10.2. The van der Waals surface area contributed by atoms with Crippen molar-refractivity contribution >= 4 is 21.6 Å². The van der Waals surface area contributed by atoms with E-state index in [9.17, 15) is 18.3 Å². The fourth-order valence-corrected chi connectivity index (χ4v) is 4.52. The predicted molar refractivity (Wildman–Crippen MR) is 102 cm³/mol. The Morgan fingerprint density at radius 2 is 1.89 bits per heavy atom. The Morgan fingerprint density at radius 1 is 1.19 bits per heavy atom. The Labute approximate surface area is 158 Å². The summed E-state index contributed by atoms with van der Waals surface area (Å²) in [6.07, 6.45) is 1.66. The molecule has 1 saturated heterocycles. The highest BCUT2D eigenvalue weighted by molar-refractivity contribution is 7.89. The second-order valence-corrected chi connectivity index (χ2v) is 8.11. The monoisotopic (exact) mass is 390 g/mol. The Morgan fingerprint density at radius 3 is 2.59 bits per heavy atom. The Kier molecular flexibility index (Phi) is 5.67. The van der Waals surface area contributed by atoms with Gasteiger partial charge >= 0.3 is 0 Å². The van der Waals surface area contributed by atoms with E-state index in [1.807, 2.05) is 6.92 Å². The molecule has 1 fully saturated rings. The first-order valence-electron chi connectivity index (χ1n) is 8.80. The van der Waals surface area contributed by atoms with Crippen molar-refractivity contribution in [3.8, 4) is 11.5 Å². The Bertz CT molecular complexity index is 937. The lowest BCUT2D eigenvalue weighted by molar-refractivity contribution is 0.102. The van der Waals surface area contributed by atoms with Gasteiger partial charge in [0.15, 0.2) is 0 Å². The quantitative estimate of drug-likeness (QED) is 0.740. The third-order valence-corrected chi connectivity index (χ3v) is 6.25. The topological polar surface area (TPSA) is 95.9 Å². The van der Waals surface area contributed by atoms with E-state index in [2.05, 4.69) is 5.32 Å². The summed E-state index contributed by atoms with van der Waals surface area (Å²) >= 11 is 0. The van der Waals surface area contributed by atoms with Crippen LogP contribution < -0.4 is 10.1 Å². The number of nitrogens with one attached hydrogen (secondary N) is 1. The van der Waals surface area contributed by atoms with Gasteiger partial charge in [-0.1, -0.05) is 12.1 Å². The van der Waals surface area contributed by atoms with Crippen molar-refractivity contribution in [1.29, 1.82) is 0 Å². The second-order valence-electron chi connectivity index (χ2n) is 6.17. The van der Waals surface area contributed by atoms with Crippen LogP contribution in [-0.2, 0) is 10.0 Å². The molecular formula is C19H22N2O5S. The van der Waals surface area contributed by atoms with E-state index < -0.39 is 15.9 Å². The van der Waals surface area contributed by atoms with Crippen LogP contribution in [0.4, 0.5) is 5.69 Å². The lowest BCUT2D eigenvalue weighted by Crippen LogP contribution is -2.28. The second kappa shape index (κ2) is 7.98. The van der Waals surface area contributed by atoms with E-state index in [1.165, 1.54) is 22.5 Å². The van der Waals surface area contributed by atoms with Gasteiger partial charge < -0.3 is 15.2 Å². The van der Waals surface area contributed by atoms with Gasteiger partial charge in [0.05, 0.1) is 22.8 Å². The molecule has 0 aromatic heterocycles. The van der Waals surface area contributed by atoms with Crippen LogP contribution in [0.15, 0.2) is 47.4 Å². The Balaban J connectivity index is 1.88. The molecule has 0 atom stereocenters. The van der Waals surface area contributed by atoms with Crippen molar-refractivity contribution in [3.63, 3.8) is 0 Å². The molecule has 1 aliphatic rings. The van der Waals surface area contributed by atoms with Crippen molar-refractivity contribution in [1.82, 2.24) is 4.31 Å². The summed E-state index contributed by atoms with van der Waals surface area (Å²) in [7, 11) is -3.65. The molecule has 144 valence electrons. The number of rotatable bonds is 6. The number of para-hydroxylation sites is 1. The predicted octanol–water partition coefficient (Wildman–Crippen LogP) is 2.83. The summed E-state index contributed by atoms with van der Waals surface area (Å²) in [6, 6.07) is 10.6. The number of phenols is 1. The largest absolute Gasteiger partial charge is 0.506 e. The number of sulfonamides is 1. The number of carbonyl (C=O) groups is 1. The van der Waals surface area contributed by atoms with Crippen molar-refractivity contribution in [2.75, 3.05) is 25.0 Å². The summed E-state index contributed by atoms with van der Waals surface area (Å²) in [6.45, 7) is 3.17. The van der Waals surface area contributed by atoms with Gasteiger partial charge in [-0.15, -0.1) is 0 Å². The van der Waals surface area contributed by atoms with Gasteiger partial charge in [-0.05, 0) is 50.1 Å². The maximum Gasteiger partial charge on any atom is 0.259 e. The lowest BCUT2D eigenvalue weighted by atomic mass is 10.2. The van der Waals surface area contributed by atoms with Crippen LogP contribution in [0, 0.1) is 0 Å². The van der Waals surface area contributed by atoms with Crippen LogP contribution in [0.3, 0.4) is 0 Å². The van der Waals surface area contributed by atoms with Crippen LogP contribution in [0.25, 0.3) is 0 Å². The summed E-state index contributed by atoms with van der Waals surface area (Å²) in [5.74, 6) is -0.291. The van der Waals surface area contributed by atoms with E-state index in [0.29, 0.717) is 31.0 Å². The van der Waals surface area contributed by atoms with Crippen molar-refractivity contribution < 1.29 is 23.1 Å². The third kappa shape index (κ3) is 4.06. The molecule has 8 heteroatoms. The molecule has 7 nitrogen and oxygen atoms in total. The highest BCUT2D eigenvalue weighted by Gasteiger charge is 2.28. The maximum atomic E-state index is 12.7. The van der Waals surface area contributed by atoms with Crippen LogP contribution in [0.5, 0.6) is 11.5 Å². The normalized spacial score (nSPS) is 14.9. The average Bonchev–Trinajstić information content (AvgIpc) is 3.19. The molecule has 2 N–H and O–H groups in total. The van der Waals surface area contributed by atoms with E-state index in [-0.39, 0.29) is 16.3 Å². The van der Waals surface area contributed by atoms with Crippen LogP contribution in [-0.4, -0.2) is 43.4 Å². The molecule has 0 radical (unpaired) electrons. The smallest absolute Gasteiger partial charge is 0.259 e. The summed E-state index contributed by atoms with van der Waals surface area (Å²) in [4.78, 5) is 12.7. The number of aromatic hydroxyl groups is 1. The molecule has 0 aliphatic carbocycles. The van der Waals surface area contributed by atoms with E-state index in [0.717, 1.165) is 12.8 Å². The molecular weight excluding hydrogens is 368 g/mol. The number of benzene rings is 2. The number of nitrogens with zero attached hydrogens (tertiary/aromatic N) is 1. The van der Waals surface area contributed by atoms with Gasteiger partial charge in [0, 0.05) is 13.1 Å². The maximum absolute atomic E-state index is 12.7. The molecule has 27 heavy (non-hydrogen) atoms. The van der Waals surface area contributed by atoms with Crippen molar-refractivity contribution in [2.45, 2.75) is 24.7 Å². The molecule has 0 spiro atoms. The summed E-state index contributed by atoms with van der Waals surface area (Å²) in [5.41, 5.74) is 0.332. The number of hydrogen-bond donors (Lipinski definition) is 2. The number of amides is 1. The zero-order valence-corrected chi connectivity index (χ0v) is 15.8. The number of phenolic OH excluding ortho intramolecular Hbond substituents is 1. The molecule has 2 aromatic rings. The van der Waals surface area contributed by atoms with Crippen molar-refractivity contribution in [2.24, 2.45) is 0 Å². The lowest BCUT2D eigenvalue weighted by Gasteiger charge is -2.17. The standard InChI is InChI=1S/C19H22N2O5S/c1-2-26-18-8-4-3-7-15(18)19(23)20-16-13-14(9-10-17(16)22)27(24,25)21-11-5-6-12-21/h3-4,7-10,13,22H,2,5-6,11-12H2,1H3,(H,20,23). The number of anilines is 1. The van der Waals surface area contributed by atoms with E-state index in [4.69, 9.17) is 4.74 Å². The number of hydrogen-bond acceptors (Lipinski definition) is 5. The summed E-state index contributed by atoms with van der Waals surface area (Å²) in [5, 5.41) is 12.7. The van der Waals surface area contributed by atoms with Gasteiger partial charge in [0.1, 0.15) is 11.5 Å². The molecule has 1 heterocycles. The zero-order valence-electron chi connectivity index (χ0n) is 15.0. The molecule has 0 saturated carbocycles. The fraction of sp³-hybridized carbons (Fsp3) is 0.316. The highest BCUT2D eigenvalue weighted by atomic mass is 32.2. The van der Waals surface area contributed by atoms with Gasteiger partial charge in [-0.2, -0.15) is 4.31 Å². The molecule has 0 unspecified atom stereocenters. The first-order chi connectivity index (χ1) is 12.9. The molecule has 3 rings (SSSR count). The highest BCUT2D eigenvalue weighted by Crippen LogP contribution is 2.30. The minimum Gasteiger partial charge on any atom is -0.506 e. The number of carbonyl (C=O) groups excluding carboxylic acids is 1. The van der Waals surface area contributed by atoms with Gasteiger partial charge in [0.2, 0.25) is 10.0 Å². The van der Waals surface area contributed by atoms with Gasteiger partial charge in [0.25, 0.3) is 5.91 Å². The van der Waals surface area contributed by atoms with E-state index >= 15 is 0 Å². The Hall–Kier alpha value is -2.58. The summed E-state index contributed by atoms with van der Waals surface area (Å²) < 4.78 is 32.3. The molecule has 1 aliphatic heterocycles. The van der Waals surface area contributed by atoms with Gasteiger partial charge in [-0.25, -0.2) is 8.42 Å². The van der Waals surface area contributed by atoms with E-state index in [1.54, 1.807) is 24.3 Å². The van der Waals surface area contributed by atoms with Gasteiger partial charge in [-0.3, -0.25) is 4.79 Å². The number of ether oxygens (including phenoxy) is 1. The SMILES string of the molecule is CCOc1ccccc1C(=O)Nc1cc(S(=O)(=O)N2CCCC2)ccc1O.